The maximum absolute atomic E-state index is 13.4. The Morgan fingerprint density at radius 2 is 1.18 bits per heavy atom. The van der Waals surface area contributed by atoms with Crippen LogP contribution in [0.5, 0.6) is 0 Å². The molecule has 8 nitrogen and oxygen atoms in total. The van der Waals surface area contributed by atoms with Crippen LogP contribution >= 0.6 is 0 Å². The van der Waals surface area contributed by atoms with Crippen LogP contribution in [0.3, 0.4) is 0 Å². The Morgan fingerprint density at radius 3 is 1.61 bits per heavy atom. The SMILES string of the molecule is CCCOC(=O)C(C)(C)CC(C)(CC(C)(C)C(=O)OCCN)C(=O)OCCN(CC)CCC. The molecule has 0 radical (unpaired) electrons. The van der Waals surface area contributed by atoms with Crippen molar-refractivity contribution < 1.29 is 28.6 Å². The zero-order chi connectivity index (χ0) is 25.7. The Kier molecular flexibility index (Phi) is 13.8. The lowest BCUT2D eigenvalue weighted by Crippen LogP contribution is -2.44. The molecule has 0 heterocycles. The second-order valence-corrected chi connectivity index (χ2v) is 10.3. The molecule has 33 heavy (non-hydrogen) atoms. The maximum atomic E-state index is 13.4. The molecule has 0 bridgehead atoms. The maximum Gasteiger partial charge on any atom is 0.311 e. The predicted octanol–water partition coefficient (Wildman–Crippen LogP) is 3.56. The van der Waals surface area contributed by atoms with E-state index in [4.69, 9.17) is 19.9 Å². The number of hydrogen-bond donors (Lipinski definition) is 1. The van der Waals surface area contributed by atoms with E-state index in [2.05, 4.69) is 18.7 Å². The number of rotatable bonds is 17. The van der Waals surface area contributed by atoms with Crippen molar-refractivity contribution in [3.8, 4) is 0 Å². The molecular weight excluding hydrogens is 424 g/mol. The second-order valence-electron chi connectivity index (χ2n) is 10.3. The van der Waals surface area contributed by atoms with Crippen LogP contribution in [0.15, 0.2) is 0 Å². The molecule has 0 rings (SSSR count). The minimum atomic E-state index is -1.10. The van der Waals surface area contributed by atoms with Crippen molar-refractivity contribution in [2.45, 2.75) is 81.1 Å². The molecule has 0 fully saturated rings. The zero-order valence-electron chi connectivity index (χ0n) is 22.3. The normalized spacial score (nSPS) is 14.0. The van der Waals surface area contributed by atoms with Crippen LogP contribution in [-0.2, 0) is 28.6 Å². The quantitative estimate of drug-likeness (QED) is 0.253. The zero-order valence-corrected chi connectivity index (χ0v) is 22.3. The molecule has 0 amide bonds. The standard InChI is InChI=1S/C25H48N2O6/c1-9-13-27(11-3)14-17-33-22(30)25(8,18-23(4,5)20(28)31-15-10-2)19-24(6,7)21(29)32-16-12-26/h9-19,26H2,1-8H3. The molecule has 0 aliphatic carbocycles. The van der Waals surface area contributed by atoms with Gasteiger partial charge < -0.3 is 24.8 Å². The van der Waals surface area contributed by atoms with Crippen LogP contribution in [0.25, 0.3) is 0 Å². The van der Waals surface area contributed by atoms with Crippen molar-refractivity contribution in [1.29, 1.82) is 0 Å². The van der Waals surface area contributed by atoms with E-state index in [1.54, 1.807) is 34.6 Å². The lowest BCUT2D eigenvalue weighted by Gasteiger charge is -2.38. The second kappa shape index (κ2) is 14.6. The molecule has 0 aliphatic heterocycles. The Balaban J connectivity index is 5.66. The van der Waals surface area contributed by atoms with Crippen LogP contribution in [-0.4, -0.2) is 68.8 Å². The number of carbonyl (C=O) groups is 3. The van der Waals surface area contributed by atoms with Gasteiger partial charge in [0, 0.05) is 13.1 Å². The average Bonchev–Trinajstić information content (AvgIpc) is 2.73. The third kappa shape index (κ3) is 10.9. The fraction of sp³-hybridized carbons (Fsp3) is 0.880. The predicted molar refractivity (Wildman–Crippen MR) is 130 cm³/mol. The smallest absolute Gasteiger partial charge is 0.311 e. The summed E-state index contributed by atoms with van der Waals surface area (Å²) in [6.45, 7) is 18.2. The number of hydrogen-bond acceptors (Lipinski definition) is 8. The molecule has 0 aromatic heterocycles. The first-order valence-corrected chi connectivity index (χ1v) is 12.2. The Hall–Kier alpha value is -1.67. The Bertz CT molecular complexity index is 584. The van der Waals surface area contributed by atoms with Crippen LogP contribution in [0.2, 0.25) is 0 Å². The van der Waals surface area contributed by atoms with Gasteiger partial charge in [-0.1, -0.05) is 20.8 Å². The molecule has 1 atom stereocenters. The van der Waals surface area contributed by atoms with E-state index < -0.39 is 28.2 Å². The van der Waals surface area contributed by atoms with E-state index in [9.17, 15) is 14.4 Å². The summed E-state index contributed by atoms with van der Waals surface area (Å²) in [6, 6.07) is 0. The first-order chi connectivity index (χ1) is 15.3. The van der Waals surface area contributed by atoms with Crippen molar-refractivity contribution >= 4 is 17.9 Å². The molecule has 0 spiro atoms. The highest BCUT2D eigenvalue weighted by Gasteiger charge is 2.48. The van der Waals surface area contributed by atoms with Crippen molar-refractivity contribution in [2.75, 3.05) is 46.0 Å². The lowest BCUT2D eigenvalue weighted by molar-refractivity contribution is -0.168. The summed E-state index contributed by atoms with van der Waals surface area (Å²) < 4.78 is 16.3. The number of nitrogens with two attached hydrogens (primary N) is 1. The van der Waals surface area contributed by atoms with Crippen molar-refractivity contribution in [3.05, 3.63) is 0 Å². The van der Waals surface area contributed by atoms with Crippen molar-refractivity contribution in [3.63, 3.8) is 0 Å². The molecule has 0 saturated heterocycles. The first-order valence-electron chi connectivity index (χ1n) is 12.2. The van der Waals surface area contributed by atoms with E-state index in [1.165, 1.54) is 0 Å². The van der Waals surface area contributed by atoms with E-state index >= 15 is 0 Å². The summed E-state index contributed by atoms with van der Waals surface area (Å²) in [5.74, 6) is -1.23. The van der Waals surface area contributed by atoms with E-state index in [1.807, 2.05) is 6.92 Å². The first kappa shape index (κ1) is 31.3. The van der Waals surface area contributed by atoms with Crippen LogP contribution in [0, 0.1) is 16.2 Å². The van der Waals surface area contributed by atoms with Crippen LogP contribution in [0.4, 0.5) is 0 Å². The summed E-state index contributed by atoms with van der Waals surface area (Å²) in [5.41, 5.74) is 2.46. The summed E-state index contributed by atoms with van der Waals surface area (Å²) >= 11 is 0. The minimum Gasteiger partial charge on any atom is -0.465 e. The van der Waals surface area contributed by atoms with E-state index in [0.29, 0.717) is 19.6 Å². The van der Waals surface area contributed by atoms with Crippen LogP contribution < -0.4 is 5.73 Å². The molecule has 2 N–H and O–H groups in total. The molecule has 0 saturated carbocycles. The monoisotopic (exact) mass is 472 g/mol. The van der Waals surface area contributed by atoms with Gasteiger partial charge in [0.05, 0.1) is 22.9 Å². The number of carbonyl (C=O) groups excluding carboxylic acids is 3. The highest BCUT2D eigenvalue weighted by Crippen LogP contribution is 2.44. The fourth-order valence-corrected chi connectivity index (χ4v) is 4.23. The lowest BCUT2D eigenvalue weighted by atomic mass is 9.66. The van der Waals surface area contributed by atoms with Crippen molar-refractivity contribution in [1.82, 2.24) is 4.90 Å². The average molecular weight is 473 g/mol. The van der Waals surface area contributed by atoms with Gasteiger partial charge in [0.25, 0.3) is 0 Å². The Labute approximate surface area is 200 Å². The van der Waals surface area contributed by atoms with Gasteiger partial charge in [-0.05, 0) is 73.4 Å². The third-order valence-corrected chi connectivity index (χ3v) is 5.68. The summed E-state index contributed by atoms with van der Waals surface area (Å²) in [4.78, 5) is 40.9. The number of likely N-dealkylation sites (N-methyl/N-ethyl adjacent to an activating group) is 1. The fourth-order valence-electron chi connectivity index (χ4n) is 4.23. The third-order valence-electron chi connectivity index (χ3n) is 5.68. The molecule has 8 heteroatoms. The summed E-state index contributed by atoms with van der Waals surface area (Å²) in [5, 5.41) is 0. The van der Waals surface area contributed by atoms with Crippen LogP contribution in [0.1, 0.15) is 81.1 Å². The largest absolute Gasteiger partial charge is 0.465 e. The van der Waals surface area contributed by atoms with E-state index in [-0.39, 0.29) is 38.6 Å². The molecule has 1 unspecified atom stereocenters. The van der Waals surface area contributed by atoms with Gasteiger partial charge in [0.1, 0.15) is 13.2 Å². The highest BCUT2D eigenvalue weighted by molar-refractivity contribution is 5.82. The Morgan fingerprint density at radius 1 is 0.697 bits per heavy atom. The number of ether oxygens (including phenoxy) is 3. The highest BCUT2D eigenvalue weighted by atomic mass is 16.5. The summed E-state index contributed by atoms with van der Waals surface area (Å²) in [7, 11) is 0. The van der Waals surface area contributed by atoms with Gasteiger partial charge in [-0.3, -0.25) is 14.4 Å². The van der Waals surface area contributed by atoms with Gasteiger partial charge in [-0.25, -0.2) is 0 Å². The van der Waals surface area contributed by atoms with Gasteiger partial charge in [0.15, 0.2) is 0 Å². The number of esters is 3. The van der Waals surface area contributed by atoms with Gasteiger partial charge in [0.2, 0.25) is 0 Å². The topological polar surface area (TPSA) is 108 Å². The molecule has 194 valence electrons. The molecule has 0 aromatic rings. The van der Waals surface area contributed by atoms with Gasteiger partial charge in [-0.15, -0.1) is 0 Å². The molecule has 0 aromatic carbocycles. The number of nitrogens with zero attached hydrogens (tertiary/aromatic N) is 1. The van der Waals surface area contributed by atoms with Gasteiger partial charge >= 0.3 is 17.9 Å². The molecular formula is C25H48N2O6. The van der Waals surface area contributed by atoms with Gasteiger partial charge in [-0.2, -0.15) is 0 Å². The summed E-state index contributed by atoms with van der Waals surface area (Å²) in [6.07, 6.45) is 2.08. The molecule has 0 aliphatic rings. The van der Waals surface area contributed by atoms with Crippen molar-refractivity contribution in [2.24, 2.45) is 22.0 Å². The minimum absolute atomic E-state index is 0.114. The van der Waals surface area contributed by atoms with E-state index in [0.717, 1.165) is 19.5 Å².